The summed E-state index contributed by atoms with van der Waals surface area (Å²) in [5.41, 5.74) is 2.92. The molecule has 0 aliphatic carbocycles. The fourth-order valence-corrected chi connectivity index (χ4v) is 3.02. The summed E-state index contributed by atoms with van der Waals surface area (Å²) in [6.07, 6.45) is -3.40. The maximum atomic E-state index is 13.1. The highest BCUT2D eigenvalue weighted by atomic mass is 19.4. The topological polar surface area (TPSA) is 24.5 Å². The van der Waals surface area contributed by atoms with Gasteiger partial charge in [-0.15, -0.1) is 0 Å². The number of nitrogens with one attached hydrogen (secondary N) is 1. The first kappa shape index (κ1) is 18.6. The molecule has 0 spiro atoms. The molecule has 1 heterocycles. The molecular formula is C20H23F3N2O. The number of nitrogens with zero attached hydrogens (tertiary/aromatic N) is 1. The summed E-state index contributed by atoms with van der Waals surface area (Å²) in [5, 5.41) is 3.19. The molecule has 0 saturated carbocycles. The summed E-state index contributed by atoms with van der Waals surface area (Å²) >= 11 is 0. The van der Waals surface area contributed by atoms with Gasteiger partial charge in [0.05, 0.1) is 30.2 Å². The van der Waals surface area contributed by atoms with Crippen molar-refractivity contribution in [3.63, 3.8) is 0 Å². The molecule has 2 aromatic rings. The number of ether oxygens (including phenoxy) is 1. The number of alkyl halides is 3. The molecule has 1 fully saturated rings. The van der Waals surface area contributed by atoms with Crippen molar-refractivity contribution in [2.75, 3.05) is 36.5 Å². The largest absolute Gasteiger partial charge is 0.416 e. The minimum absolute atomic E-state index is 0.475. The highest BCUT2D eigenvalue weighted by molar-refractivity contribution is 5.71. The van der Waals surface area contributed by atoms with Gasteiger partial charge in [-0.2, -0.15) is 13.2 Å². The Bertz CT molecular complexity index is 723. The van der Waals surface area contributed by atoms with Crippen molar-refractivity contribution in [1.29, 1.82) is 0 Å². The number of anilines is 2. The van der Waals surface area contributed by atoms with Gasteiger partial charge in [0, 0.05) is 19.6 Å². The average Bonchev–Trinajstić information content (AvgIpc) is 2.66. The van der Waals surface area contributed by atoms with E-state index in [4.69, 9.17) is 4.74 Å². The maximum absolute atomic E-state index is 13.1. The normalized spacial score (nSPS) is 15.2. The van der Waals surface area contributed by atoms with Crippen LogP contribution in [0.1, 0.15) is 23.6 Å². The predicted octanol–water partition coefficient (Wildman–Crippen LogP) is 4.72. The maximum Gasteiger partial charge on any atom is 0.416 e. The second-order valence-corrected chi connectivity index (χ2v) is 6.35. The van der Waals surface area contributed by atoms with E-state index in [0.29, 0.717) is 38.5 Å². The first-order valence-corrected chi connectivity index (χ1v) is 8.83. The van der Waals surface area contributed by atoms with Crippen molar-refractivity contribution in [3.8, 4) is 0 Å². The first-order chi connectivity index (χ1) is 12.5. The van der Waals surface area contributed by atoms with E-state index in [9.17, 15) is 13.2 Å². The summed E-state index contributed by atoms with van der Waals surface area (Å²) in [6, 6.07) is 12.0. The van der Waals surface area contributed by atoms with Crippen LogP contribution >= 0.6 is 0 Å². The van der Waals surface area contributed by atoms with Crippen LogP contribution in [0, 0.1) is 0 Å². The third-order valence-corrected chi connectivity index (χ3v) is 4.59. The molecule has 0 atom stereocenters. The fraction of sp³-hybridized carbons (Fsp3) is 0.400. The molecule has 0 unspecified atom stereocenters. The number of halogens is 3. The Hall–Kier alpha value is -2.21. The number of benzene rings is 2. The number of hydrogen-bond acceptors (Lipinski definition) is 3. The number of rotatable bonds is 5. The van der Waals surface area contributed by atoms with Crippen LogP contribution < -0.4 is 10.2 Å². The summed E-state index contributed by atoms with van der Waals surface area (Å²) in [5.74, 6) is 0. The van der Waals surface area contributed by atoms with Crippen LogP contribution in [-0.2, 0) is 23.9 Å². The Balaban J connectivity index is 1.83. The lowest BCUT2D eigenvalue weighted by Crippen LogP contribution is -2.36. The van der Waals surface area contributed by atoms with Crippen molar-refractivity contribution in [2.24, 2.45) is 0 Å². The smallest absolute Gasteiger partial charge is 0.379 e. The first-order valence-electron chi connectivity index (χ1n) is 8.83. The van der Waals surface area contributed by atoms with E-state index in [1.807, 2.05) is 24.3 Å². The summed E-state index contributed by atoms with van der Waals surface area (Å²) in [7, 11) is 0. The lowest BCUT2D eigenvalue weighted by atomic mass is 10.1. The molecule has 0 bridgehead atoms. The Labute approximate surface area is 151 Å². The second-order valence-electron chi connectivity index (χ2n) is 6.35. The SMILES string of the molecule is CCc1ccc(CNc2cc(C(F)(F)F)ccc2N2CCOCC2)cc1. The van der Waals surface area contributed by atoms with Gasteiger partial charge in [0.1, 0.15) is 0 Å². The van der Waals surface area contributed by atoms with Gasteiger partial charge < -0.3 is 15.0 Å². The number of morpholine rings is 1. The van der Waals surface area contributed by atoms with E-state index in [-0.39, 0.29) is 0 Å². The molecular weight excluding hydrogens is 341 g/mol. The van der Waals surface area contributed by atoms with Crippen LogP contribution in [0.3, 0.4) is 0 Å². The minimum atomic E-state index is -4.36. The molecule has 3 nitrogen and oxygen atoms in total. The van der Waals surface area contributed by atoms with E-state index < -0.39 is 11.7 Å². The third-order valence-electron chi connectivity index (χ3n) is 4.59. The molecule has 1 aliphatic rings. The van der Waals surface area contributed by atoms with Crippen LogP contribution in [-0.4, -0.2) is 26.3 Å². The van der Waals surface area contributed by atoms with Crippen molar-refractivity contribution < 1.29 is 17.9 Å². The fourth-order valence-electron chi connectivity index (χ4n) is 3.02. The van der Waals surface area contributed by atoms with E-state index in [2.05, 4.69) is 17.1 Å². The summed E-state index contributed by atoms with van der Waals surface area (Å²) in [4.78, 5) is 2.06. The molecule has 0 amide bonds. The summed E-state index contributed by atoms with van der Waals surface area (Å²) < 4.78 is 44.7. The minimum Gasteiger partial charge on any atom is -0.379 e. The van der Waals surface area contributed by atoms with Gasteiger partial charge in [0.25, 0.3) is 0 Å². The quantitative estimate of drug-likeness (QED) is 0.831. The van der Waals surface area contributed by atoms with Crippen molar-refractivity contribution >= 4 is 11.4 Å². The lowest BCUT2D eigenvalue weighted by molar-refractivity contribution is -0.137. The van der Waals surface area contributed by atoms with Gasteiger partial charge in [-0.3, -0.25) is 0 Å². The monoisotopic (exact) mass is 364 g/mol. The van der Waals surface area contributed by atoms with Crippen LogP contribution in [0.5, 0.6) is 0 Å². The second kappa shape index (κ2) is 7.99. The molecule has 140 valence electrons. The van der Waals surface area contributed by atoms with Gasteiger partial charge in [-0.1, -0.05) is 31.2 Å². The van der Waals surface area contributed by atoms with E-state index in [1.54, 1.807) is 6.07 Å². The zero-order chi connectivity index (χ0) is 18.6. The van der Waals surface area contributed by atoms with E-state index in [1.165, 1.54) is 11.6 Å². The van der Waals surface area contributed by atoms with Crippen LogP contribution in [0.4, 0.5) is 24.5 Å². The molecule has 2 aromatic carbocycles. The molecule has 1 N–H and O–H groups in total. The van der Waals surface area contributed by atoms with Crippen LogP contribution in [0.15, 0.2) is 42.5 Å². The number of aryl methyl sites for hydroxylation is 1. The predicted molar refractivity (Wildman–Crippen MR) is 97.6 cm³/mol. The lowest BCUT2D eigenvalue weighted by Gasteiger charge is -2.31. The van der Waals surface area contributed by atoms with Gasteiger partial charge >= 0.3 is 6.18 Å². The highest BCUT2D eigenvalue weighted by Crippen LogP contribution is 2.36. The molecule has 0 radical (unpaired) electrons. The van der Waals surface area contributed by atoms with Crippen LogP contribution in [0.2, 0.25) is 0 Å². The Kier molecular flexibility index (Phi) is 5.71. The Morgan fingerprint density at radius 1 is 1.00 bits per heavy atom. The van der Waals surface area contributed by atoms with Crippen molar-refractivity contribution in [3.05, 3.63) is 59.2 Å². The average molecular weight is 364 g/mol. The van der Waals surface area contributed by atoms with Gasteiger partial charge in [-0.05, 0) is 35.7 Å². The molecule has 1 saturated heterocycles. The van der Waals surface area contributed by atoms with Crippen molar-refractivity contribution in [1.82, 2.24) is 0 Å². The van der Waals surface area contributed by atoms with E-state index in [0.717, 1.165) is 23.7 Å². The third kappa shape index (κ3) is 4.49. The zero-order valence-corrected chi connectivity index (χ0v) is 14.8. The standard InChI is InChI=1S/C20H23F3N2O/c1-2-15-3-5-16(6-4-15)14-24-18-13-17(20(21,22)23)7-8-19(18)25-9-11-26-12-10-25/h3-8,13,24H,2,9-12,14H2,1H3. The molecule has 0 aromatic heterocycles. The zero-order valence-electron chi connectivity index (χ0n) is 14.8. The Morgan fingerprint density at radius 2 is 1.65 bits per heavy atom. The van der Waals surface area contributed by atoms with E-state index >= 15 is 0 Å². The summed E-state index contributed by atoms with van der Waals surface area (Å²) in [6.45, 7) is 5.07. The van der Waals surface area contributed by atoms with Gasteiger partial charge in [0.15, 0.2) is 0 Å². The molecule has 26 heavy (non-hydrogen) atoms. The highest BCUT2D eigenvalue weighted by Gasteiger charge is 2.31. The molecule has 3 rings (SSSR count). The van der Waals surface area contributed by atoms with Crippen molar-refractivity contribution in [2.45, 2.75) is 26.1 Å². The molecule has 6 heteroatoms. The Morgan fingerprint density at radius 3 is 2.27 bits per heavy atom. The van der Waals surface area contributed by atoms with Crippen LogP contribution in [0.25, 0.3) is 0 Å². The van der Waals surface area contributed by atoms with Gasteiger partial charge in [-0.25, -0.2) is 0 Å². The molecule has 1 aliphatic heterocycles. The number of hydrogen-bond donors (Lipinski definition) is 1. The van der Waals surface area contributed by atoms with Gasteiger partial charge in [0.2, 0.25) is 0 Å².